The molecule has 1 aliphatic rings. The highest BCUT2D eigenvalue weighted by atomic mass is 16.5. The molecule has 0 aliphatic carbocycles. The zero-order chi connectivity index (χ0) is 15.3. The van der Waals surface area contributed by atoms with E-state index in [1.807, 2.05) is 0 Å². The Morgan fingerprint density at radius 3 is 2.50 bits per heavy atom. The van der Waals surface area contributed by atoms with Gasteiger partial charge in [0.1, 0.15) is 6.04 Å². The van der Waals surface area contributed by atoms with Crippen LogP contribution in [0, 0.1) is 5.41 Å². The van der Waals surface area contributed by atoms with Crippen molar-refractivity contribution in [2.45, 2.75) is 52.2 Å². The van der Waals surface area contributed by atoms with Crippen molar-refractivity contribution in [1.29, 1.82) is 0 Å². The number of urea groups is 1. The number of nitrogens with zero attached hydrogens (tertiary/aromatic N) is 1. The van der Waals surface area contributed by atoms with Crippen molar-refractivity contribution in [2.75, 3.05) is 20.2 Å². The summed E-state index contributed by atoms with van der Waals surface area (Å²) < 4.78 is 5.58. The van der Waals surface area contributed by atoms with Crippen LogP contribution in [0.5, 0.6) is 0 Å². The zero-order valence-corrected chi connectivity index (χ0v) is 12.8. The molecule has 0 radical (unpaired) electrons. The highest BCUT2D eigenvalue weighted by molar-refractivity contribution is 5.83. The minimum absolute atomic E-state index is 0.0532. The Kier molecular flexibility index (Phi) is 5.80. The molecule has 0 aromatic carbocycles. The monoisotopic (exact) mass is 286 g/mol. The van der Waals surface area contributed by atoms with Crippen molar-refractivity contribution < 1.29 is 19.4 Å². The fraction of sp³-hybridized carbons (Fsp3) is 0.857. The van der Waals surface area contributed by atoms with E-state index in [1.165, 1.54) is 4.90 Å². The van der Waals surface area contributed by atoms with Crippen LogP contribution in [0.1, 0.15) is 40.0 Å². The maximum atomic E-state index is 12.1. The van der Waals surface area contributed by atoms with Crippen LogP contribution in [0.25, 0.3) is 0 Å². The van der Waals surface area contributed by atoms with Gasteiger partial charge in [0.25, 0.3) is 0 Å². The number of likely N-dealkylation sites (N-methyl/N-ethyl adjacent to an activating group) is 1. The van der Waals surface area contributed by atoms with Gasteiger partial charge in [-0.1, -0.05) is 20.8 Å². The Bertz CT molecular complexity index is 346. The van der Waals surface area contributed by atoms with E-state index >= 15 is 0 Å². The second-order valence-corrected chi connectivity index (χ2v) is 6.46. The first-order valence-electron chi connectivity index (χ1n) is 7.08. The number of carboxylic acid groups (broad SMARTS) is 1. The molecule has 2 atom stereocenters. The molecule has 1 aliphatic heterocycles. The summed E-state index contributed by atoms with van der Waals surface area (Å²) in [5, 5.41) is 11.8. The van der Waals surface area contributed by atoms with Crippen molar-refractivity contribution >= 4 is 12.0 Å². The van der Waals surface area contributed by atoms with E-state index < -0.39 is 17.4 Å². The second-order valence-electron chi connectivity index (χ2n) is 6.46. The third-order valence-corrected chi connectivity index (χ3v) is 3.48. The number of carboxylic acids is 1. The Morgan fingerprint density at radius 1 is 1.40 bits per heavy atom. The van der Waals surface area contributed by atoms with Gasteiger partial charge in [-0.3, -0.25) is 0 Å². The van der Waals surface area contributed by atoms with E-state index in [4.69, 9.17) is 4.74 Å². The molecule has 0 aromatic heterocycles. The molecule has 2 N–H and O–H groups in total. The third-order valence-electron chi connectivity index (χ3n) is 3.48. The van der Waals surface area contributed by atoms with Crippen molar-refractivity contribution in [1.82, 2.24) is 10.2 Å². The number of rotatable bonds is 4. The summed E-state index contributed by atoms with van der Waals surface area (Å²) in [6.07, 6.45) is 3.17. The van der Waals surface area contributed by atoms with Crippen LogP contribution in [0.15, 0.2) is 0 Å². The van der Waals surface area contributed by atoms with Gasteiger partial charge < -0.3 is 20.1 Å². The predicted octanol–water partition coefficient (Wildman–Crippen LogP) is 1.70. The molecule has 1 rings (SSSR count). The molecule has 2 amide bonds. The lowest BCUT2D eigenvalue weighted by Gasteiger charge is -2.31. The normalized spacial score (nSPS) is 21.1. The number of hydrogen-bond donors (Lipinski definition) is 2. The van der Waals surface area contributed by atoms with Crippen LogP contribution in [0.4, 0.5) is 4.79 Å². The summed E-state index contributed by atoms with van der Waals surface area (Å²) in [7, 11) is 1.66. The molecule has 20 heavy (non-hydrogen) atoms. The van der Waals surface area contributed by atoms with Crippen LogP contribution in [0.3, 0.4) is 0 Å². The molecule has 1 saturated heterocycles. The summed E-state index contributed by atoms with van der Waals surface area (Å²) in [6, 6.07) is -1.29. The van der Waals surface area contributed by atoms with Crippen molar-refractivity contribution in [3.63, 3.8) is 0 Å². The lowest BCUT2D eigenvalue weighted by molar-refractivity contribution is -0.142. The molecule has 0 saturated carbocycles. The Hall–Kier alpha value is -1.30. The van der Waals surface area contributed by atoms with Gasteiger partial charge in [0, 0.05) is 20.2 Å². The summed E-state index contributed by atoms with van der Waals surface area (Å²) >= 11 is 0. The van der Waals surface area contributed by atoms with Gasteiger partial charge >= 0.3 is 12.0 Å². The Balaban J connectivity index is 2.53. The van der Waals surface area contributed by atoms with E-state index in [0.717, 1.165) is 25.9 Å². The van der Waals surface area contributed by atoms with E-state index in [1.54, 1.807) is 27.8 Å². The van der Waals surface area contributed by atoms with Crippen LogP contribution in [-0.4, -0.2) is 54.4 Å². The van der Waals surface area contributed by atoms with Crippen molar-refractivity contribution in [3.05, 3.63) is 0 Å². The summed E-state index contributed by atoms with van der Waals surface area (Å²) in [6.45, 7) is 6.59. The number of carbonyl (C=O) groups is 2. The van der Waals surface area contributed by atoms with Crippen LogP contribution < -0.4 is 5.32 Å². The summed E-state index contributed by atoms with van der Waals surface area (Å²) in [4.78, 5) is 24.8. The van der Waals surface area contributed by atoms with E-state index in [2.05, 4.69) is 5.32 Å². The molecule has 6 heteroatoms. The molecule has 0 aromatic rings. The van der Waals surface area contributed by atoms with Crippen molar-refractivity contribution in [3.8, 4) is 0 Å². The highest BCUT2D eigenvalue weighted by Gasteiger charge is 2.33. The minimum atomic E-state index is -1.02. The lowest BCUT2D eigenvalue weighted by atomic mass is 9.87. The largest absolute Gasteiger partial charge is 0.480 e. The molecule has 116 valence electrons. The molecule has 0 bridgehead atoms. The predicted molar refractivity (Wildman–Crippen MR) is 75.6 cm³/mol. The van der Waals surface area contributed by atoms with Crippen molar-refractivity contribution in [2.24, 2.45) is 5.41 Å². The molecule has 2 unspecified atom stereocenters. The van der Waals surface area contributed by atoms with Crippen LogP contribution >= 0.6 is 0 Å². The number of aliphatic carboxylic acids is 1. The van der Waals surface area contributed by atoms with Crippen LogP contribution in [0.2, 0.25) is 0 Å². The summed E-state index contributed by atoms with van der Waals surface area (Å²) in [5.41, 5.74) is -0.538. The minimum Gasteiger partial charge on any atom is -0.480 e. The first-order chi connectivity index (χ1) is 9.21. The third kappa shape index (κ3) is 5.00. The number of carbonyl (C=O) groups excluding carboxylic acids is 1. The molecular formula is C14H26N2O4. The topological polar surface area (TPSA) is 78.9 Å². The van der Waals surface area contributed by atoms with Gasteiger partial charge in [-0.15, -0.1) is 0 Å². The van der Waals surface area contributed by atoms with Gasteiger partial charge in [-0.2, -0.15) is 0 Å². The number of amides is 2. The maximum absolute atomic E-state index is 12.1. The first kappa shape index (κ1) is 16.8. The second kappa shape index (κ2) is 6.92. The average molecular weight is 286 g/mol. The van der Waals surface area contributed by atoms with E-state index in [0.29, 0.717) is 6.54 Å². The quantitative estimate of drug-likeness (QED) is 0.824. The standard InChI is InChI=1S/C14H26N2O4/c1-14(2,3)11(12(17)18)15-13(19)16(4)9-10-7-5-6-8-20-10/h10-11H,5-9H2,1-4H3,(H,15,19)(H,17,18). The zero-order valence-electron chi connectivity index (χ0n) is 12.8. The number of nitrogens with one attached hydrogen (secondary N) is 1. The fourth-order valence-corrected chi connectivity index (χ4v) is 2.22. The molecule has 6 nitrogen and oxygen atoms in total. The van der Waals surface area contributed by atoms with Gasteiger partial charge in [0.05, 0.1) is 6.10 Å². The van der Waals surface area contributed by atoms with E-state index in [9.17, 15) is 14.7 Å². The van der Waals surface area contributed by atoms with Gasteiger partial charge in [0.2, 0.25) is 0 Å². The number of hydrogen-bond acceptors (Lipinski definition) is 3. The molecular weight excluding hydrogens is 260 g/mol. The Morgan fingerprint density at radius 2 is 2.05 bits per heavy atom. The molecule has 1 fully saturated rings. The number of ether oxygens (including phenoxy) is 1. The molecule has 1 heterocycles. The summed E-state index contributed by atoms with van der Waals surface area (Å²) in [5.74, 6) is -1.02. The highest BCUT2D eigenvalue weighted by Crippen LogP contribution is 2.20. The fourth-order valence-electron chi connectivity index (χ4n) is 2.22. The van der Waals surface area contributed by atoms with Gasteiger partial charge in [-0.05, 0) is 24.7 Å². The SMILES string of the molecule is CN(CC1CCCCO1)C(=O)NC(C(=O)O)C(C)(C)C. The van der Waals surface area contributed by atoms with E-state index in [-0.39, 0.29) is 12.1 Å². The Labute approximate surface area is 120 Å². The van der Waals surface area contributed by atoms with Gasteiger partial charge in [-0.25, -0.2) is 9.59 Å². The lowest BCUT2D eigenvalue weighted by Crippen LogP contribution is -2.53. The molecule has 0 spiro atoms. The smallest absolute Gasteiger partial charge is 0.326 e. The van der Waals surface area contributed by atoms with Gasteiger partial charge in [0.15, 0.2) is 0 Å². The maximum Gasteiger partial charge on any atom is 0.326 e. The first-order valence-corrected chi connectivity index (χ1v) is 7.08. The van der Waals surface area contributed by atoms with Crippen LogP contribution in [-0.2, 0) is 9.53 Å². The average Bonchev–Trinajstić information content (AvgIpc) is 2.34.